The molecule has 4 nitrogen and oxygen atoms in total. The van der Waals surface area contributed by atoms with Gasteiger partial charge in [0, 0.05) is 16.4 Å². The van der Waals surface area contributed by atoms with Crippen LogP contribution in [-0.4, -0.2) is 18.1 Å². The third-order valence-electron chi connectivity index (χ3n) is 2.63. The van der Waals surface area contributed by atoms with Gasteiger partial charge < -0.3 is 10.1 Å². The number of halogens is 1. The molecule has 0 spiro atoms. The van der Waals surface area contributed by atoms with Gasteiger partial charge in [-0.25, -0.2) is 9.78 Å². The quantitative estimate of drug-likeness (QED) is 0.876. The topological polar surface area (TPSA) is 51.2 Å². The standard InChI is InChI=1S/C14H13BrN2O2/c1-9-7-11(15)3-4-12(9)17-13-8-10(5-6-16-13)14(18)19-2/h3-8H,1-2H3,(H,16,17). The fourth-order valence-corrected chi connectivity index (χ4v) is 2.12. The normalized spacial score (nSPS) is 10.1. The van der Waals surface area contributed by atoms with E-state index in [1.807, 2.05) is 25.1 Å². The molecule has 0 aliphatic heterocycles. The number of carbonyl (C=O) groups excluding carboxylic acids is 1. The van der Waals surface area contributed by atoms with E-state index in [-0.39, 0.29) is 5.97 Å². The Morgan fingerprint density at radius 2 is 2.11 bits per heavy atom. The number of esters is 1. The SMILES string of the molecule is COC(=O)c1ccnc(Nc2ccc(Br)cc2C)c1. The average Bonchev–Trinajstić information content (AvgIpc) is 2.41. The Kier molecular flexibility index (Phi) is 4.16. The Morgan fingerprint density at radius 3 is 2.79 bits per heavy atom. The van der Waals surface area contributed by atoms with E-state index in [9.17, 15) is 4.79 Å². The van der Waals surface area contributed by atoms with E-state index in [4.69, 9.17) is 0 Å². The van der Waals surface area contributed by atoms with Crippen molar-refractivity contribution in [2.24, 2.45) is 0 Å². The van der Waals surface area contributed by atoms with E-state index >= 15 is 0 Å². The first-order chi connectivity index (χ1) is 9.10. The van der Waals surface area contributed by atoms with Crippen molar-refractivity contribution < 1.29 is 9.53 Å². The molecule has 0 fully saturated rings. The average molecular weight is 321 g/mol. The van der Waals surface area contributed by atoms with Crippen LogP contribution in [0.5, 0.6) is 0 Å². The van der Waals surface area contributed by atoms with Crippen molar-refractivity contribution >= 4 is 33.4 Å². The molecule has 98 valence electrons. The lowest BCUT2D eigenvalue weighted by Gasteiger charge is -2.09. The van der Waals surface area contributed by atoms with Crippen molar-refractivity contribution in [2.75, 3.05) is 12.4 Å². The van der Waals surface area contributed by atoms with Gasteiger partial charge in [0.15, 0.2) is 0 Å². The molecule has 19 heavy (non-hydrogen) atoms. The minimum atomic E-state index is -0.377. The fraction of sp³-hybridized carbons (Fsp3) is 0.143. The third-order valence-corrected chi connectivity index (χ3v) is 3.13. The maximum atomic E-state index is 11.4. The lowest BCUT2D eigenvalue weighted by Crippen LogP contribution is -2.03. The summed E-state index contributed by atoms with van der Waals surface area (Å²) in [5, 5.41) is 3.18. The van der Waals surface area contributed by atoms with Crippen molar-refractivity contribution in [3.05, 3.63) is 52.1 Å². The molecular formula is C14H13BrN2O2. The molecule has 0 atom stereocenters. The van der Waals surface area contributed by atoms with Crippen LogP contribution in [0.2, 0.25) is 0 Å². The zero-order valence-corrected chi connectivity index (χ0v) is 12.2. The van der Waals surface area contributed by atoms with Gasteiger partial charge in [-0.3, -0.25) is 0 Å². The highest BCUT2D eigenvalue weighted by atomic mass is 79.9. The van der Waals surface area contributed by atoms with Crippen LogP contribution in [0.3, 0.4) is 0 Å². The van der Waals surface area contributed by atoms with Gasteiger partial charge in [0.05, 0.1) is 12.7 Å². The summed E-state index contributed by atoms with van der Waals surface area (Å²) >= 11 is 3.42. The van der Waals surface area contributed by atoms with Crippen molar-refractivity contribution in [1.82, 2.24) is 4.98 Å². The van der Waals surface area contributed by atoms with Gasteiger partial charge in [-0.15, -0.1) is 0 Å². The molecule has 1 heterocycles. The largest absolute Gasteiger partial charge is 0.465 e. The number of methoxy groups -OCH3 is 1. The van der Waals surface area contributed by atoms with Crippen LogP contribution in [0.15, 0.2) is 41.0 Å². The van der Waals surface area contributed by atoms with Crippen LogP contribution in [0.25, 0.3) is 0 Å². The molecule has 0 aliphatic rings. The number of aryl methyl sites for hydroxylation is 1. The summed E-state index contributed by atoms with van der Waals surface area (Å²) in [6, 6.07) is 9.18. The molecule has 1 aromatic carbocycles. The predicted octanol–water partition coefficient (Wildman–Crippen LogP) is 3.68. The second-order valence-electron chi connectivity index (χ2n) is 4.01. The molecule has 1 N–H and O–H groups in total. The van der Waals surface area contributed by atoms with Gasteiger partial charge in [0.2, 0.25) is 0 Å². The Labute approximate surface area is 119 Å². The molecule has 2 rings (SSSR count). The van der Waals surface area contributed by atoms with Crippen LogP contribution in [0.1, 0.15) is 15.9 Å². The summed E-state index contributed by atoms with van der Waals surface area (Å²) in [6.45, 7) is 2.00. The first-order valence-corrected chi connectivity index (χ1v) is 6.47. The fourth-order valence-electron chi connectivity index (χ4n) is 1.65. The van der Waals surface area contributed by atoms with E-state index in [1.54, 1.807) is 18.3 Å². The maximum absolute atomic E-state index is 11.4. The highest BCUT2D eigenvalue weighted by Crippen LogP contribution is 2.23. The summed E-state index contributed by atoms with van der Waals surface area (Å²) in [5.41, 5.74) is 2.49. The van der Waals surface area contributed by atoms with E-state index in [1.165, 1.54) is 7.11 Å². The second-order valence-corrected chi connectivity index (χ2v) is 4.92. The minimum Gasteiger partial charge on any atom is -0.465 e. The molecule has 0 bridgehead atoms. The van der Waals surface area contributed by atoms with E-state index in [0.29, 0.717) is 11.4 Å². The summed E-state index contributed by atoms with van der Waals surface area (Å²) in [5.74, 6) is 0.228. The molecule has 0 amide bonds. The summed E-state index contributed by atoms with van der Waals surface area (Å²) in [7, 11) is 1.36. The summed E-state index contributed by atoms with van der Waals surface area (Å²) < 4.78 is 5.70. The lowest BCUT2D eigenvalue weighted by molar-refractivity contribution is 0.0600. The lowest BCUT2D eigenvalue weighted by atomic mass is 10.2. The van der Waals surface area contributed by atoms with Gasteiger partial charge in [-0.2, -0.15) is 0 Å². The van der Waals surface area contributed by atoms with Crippen molar-refractivity contribution in [1.29, 1.82) is 0 Å². The number of benzene rings is 1. The Bertz CT molecular complexity index is 614. The van der Waals surface area contributed by atoms with Gasteiger partial charge in [-0.05, 0) is 42.8 Å². The van der Waals surface area contributed by atoms with Crippen LogP contribution >= 0.6 is 15.9 Å². The number of hydrogen-bond donors (Lipinski definition) is 1. The molecule has 0 unspecified atom stereocenters. The highest BCUT2D eigenvalue weighted by molar-refractivity contribution is 9.10. The Morgan fingerprint density at radius 1 is 1.32 bits per heavy atom. The zero-order chi connectivity index (χ0) is 13.8. The van der Waals surface area contributed by atoms with Gasteiger partial charge >= 0.3 is 5.97 Å². The van der Waals surface area contributed by atoms with E-state index in [0.717, 1.165) is 15.7 Å². The summed E-state index contributed by atoms with van der Waals surface area (Å²) in [4.78, 5) is 15.6. The van der Waals surface area contributed by atoms with Gasteiger partial charge in [0.1, 0.15) is 5.82 Å². The van der Waals surface area contributed by atoms with Crippen LogP contribution in [0.4, 0.5) is 11.5 Å². The molecule has 0 radical (unpaired) electrons. The molecule has 1 aromatic heterocycles. The molecule has 0 aliphatic carbocycles. The number of hydrogen-bond acceptors (Lipinski definition) is 4. The molecule has 0 saturated carbocycles. The Hall–Kier alpha value is -1.88. The van der Waals surface area contributed by atoms with Gasteiger partial charge in [-0.1, -0.05) is 15.9 Å². The van der Waals surface area contributed by atoms with Crippen LogP contribution < -0.4 is 5.32 Å². The van der Waals surface area contributed by atoms with Crippen molar-refractivity contribution in [3.63, 3.8) is 0 Å². The van der Waals surface area contributed by atoms with E-state index in [2.05, 4.69) is 31.0 Å². The van der Waals surface area contributed by atoms with Crippen molar-refractivity contribution in [2.45, 2.75) is 6.92 Å². The van der Waals surface area contributed by atoms with E-state index < -0.39 is 0 Å². The number of anilines is 2. The van der Waals surface area contributed by atoms with Crippen molar-refractivity contribution in [3.8, 4) is 0 Å². The molecular weight excluding hydrogens is 308 g/mol. The second kappa shape index (κ2) is 5.84. The smallest absolute Gasteiger partial charge is 0.338 e. The predicted molar refractivity (Wildman–Crippen MR) is 77.7 cm³/mol. The third kappa shape index (κ3) is 3.32. The number of carbonyl (C=O) groups is 1. The minimum absolute atomic E-state index is 0.377. The number of ether oxygens (including phenoxy) is 1. The highest BCUT2D eigenvalue weighted by Gasteiger charge is 2.07. The number of nitrogens with zero attached hydrogens (tertiary/aromatic N) is 1. The molecule has 2 aromatic rings. The molecule has 5 heteroatoms. The number of aromatic nitrogens is 1. The van der Waals surface area contributed by atoms with Crippen LogP contribution in [-0.2, 0) is 4.74 Å². The maximum Gasteiger partial charge on any atom is 0.338 e. The monoisotopic (exact) mass is 320 g/mol. The molecule has 0 saturated heterocycles. The number of rotatable bonds is 3. The van der Waals surface area contributed by atoms with Gasteiger partial charge in [0.25, 0.3) is 0 Å². The first kappa shape index (κ1) is 13.5. The Balaban J connectivity index is 2.26. The summed E-state index contributed by atoms with van der Waals surface area (Å²) in [6.07, 6.45) is 1.57. The first-order valence-electron chi connectivity index (χ1n) is 5.67. The number of nitrogens with one attached hydrogen (secondary N) is 1. The van der Waals surface area contributed by atoms with Crippen LogP contribution in [0, 0.1) is 6.92 Å². The zero-order valence-electron chi connectivity index (χ0n) is 10.6. The number of pyridine rings is 1.